The average molecular weight is 332 g/mol. The van der Waals surface area contributed by atoms with Crippen molar-refractivity contribution in [2.24, 2.45) is 0 Å². The normalized spacial score (nSPS) is 11.7. The highest BCUT2D eigenvalue weighted by Gasteiger charge is 2.24. The van der Waals surface area contributed by atoms with E-state index in [0.717, 1.165) is 6.07 Å². The molecule has 0 bridgehead atoms. The Morgan fingerprint density at radius 1 is 1.33 bits per heavy atom. The van der Waals surface area contributed by atoms with Crippen molar-refractivity contribution in [3.05, 3.63) is 53.1 Å². The molecular formula is C16H17FN4O3. The number of carboxylic acid groups (broad SMARTS) is 1. The van der Waals surface area contributed by atoms with Crippen molar-refractivity contribution in [2.75, 3.05) is 19.0 Å². The van der Waals surface area contributed by atoms with Gasteiger partial charge < -0.3 is 15.3 Å². The van der Waals surface area contributed by atoms with Crippen LogP contribution in [0.15, 0.2) is 30.5 Å². The highest BCUT2D eigenvalue weighted by molar-refractivity contribution is 5.97. The summed E-state index contributed by atoms with van der Waals surface area (Å²) >= 11 is 0. The molecule has 0 aliphatic rings. The van der Waals surface area contributed by atoms with E-state index >= 15 is 0 Å². The van der Waals surface area contributed by atoms with Crippen LogP contribution in [-0.4, -0.2) is 41.0 Å². The number of amides is 1. The second-order valence-electron chi connectivity index (χ2n) is 5.36. The summed E-state index contributed by atoms with van der Waals surface area (Å²) in [5.74, 6) is -2.08. The molecule has 126 valence electrons. The van der Waals surface area contributed by atoms with Crippen LogP contribution >= 0.6 is 0 Å². The molecule has 1 amide bonds. The summed E-state index contributed by atoms with van der Waals surface area (Å²) in [6.45, 7) is 1.63. The van der Waals surface area contributed by atoms with E-state index in [0.29, 0.717) is 11.6 Å². The minimum absolute atomic E-state index is 0.138. The number of hydrogen-bond acceptors (Lipinski definition) is 5. The zero-order chi connectivity index (χ0) is 17.9. The molecule has 7 nitrogen and oxygen atoms in total. The zero-order valence-corrected chi connectivity index (χ0v) is 13.4. The number of aryl methyl sites for hydroxylation is 1. The quantitative estimate of drug-likeness (QED) is 0.862. The van der Waals surface area contributed by atoms with Gasteiger partial charge in [-0.15, -0.1) is 0 Å². The van der Waals surface area contributed by atoms with Crippen LogP contribution in [0.25, 0.3) is 0 Å². The summed E-state index contributed by atoms with van der Waals surface area (Å²) < 4.78 is 13.3. The van der Waals surface area contributed by atoms with Crippen LogP contribution in [-0.2, 0) is 4.79 Å². The SMILES string of the molecule is Cc1nc(N(C)C)ncc1C(=O)NC(C(=O)O)c1cccc(F)c1. The second kappa shape index (κ2) is 7.03. The molecule has 2 rings (SSSR count). The van der Waals surface area contributed by atoms with Gasteiger partial charge >= 0.3 is 5.97 Å². The number of aromatic nitrogens is 2. The molecule has 2 aromatic rings. The first-order valence-electron chi connectivity index (χ1n) is 7.09. The van der Waals surface area contributed by atoms with Crippen LogP contribution in [0.3, 0.4) is 0 Å². The lowest BCUT2D eigenvalue weighted by Gasteiger charge is -2.16. The van der Waals surface area contributed by atoms with Crippen molar-refractivity contribution < 1.29 is 19.1 Å². The lowest BCUT2D eigenvalue weighted by molar-refractivity contribution is -0.139. The average Bonchev–Trinajstić information content (AvgIpc) is 2.51. The van der Waals surface area contributed by atoms with Crippen LogP contribution in [0.5, 0.6) is 0 Å². The Hall–Kier alpha value is -3.03. The van der Waals surface area contributed by atoms with Crippen molar-refractivity contribution in [3.63, 3.8) is 0 Å². The van der Waals surface area contributed by atoms with Crippen molar-refractivity contribution in [1.29, 1.82) is 0 Å². The van der Waals surface area contributed by atoms with Crippen LogP contribution in [0.2, 0.25) is 0 Å². The zero-order valence-electron chi connectivity index (χ0n) is 13.4. The predicted molar refractivity (Wildman–Crippen MR) is 85.3 cm³/mol. The monoisotopic (exact) mass is 332 g/mol. The summed E-state index contributed by atoms with van der Waals surface area (Å²) in [5.41, 5.74) is 0.706. The Labute approximate surface area is 138 Å². The van der Waals surface area contributed by atoms with Gasteiger partial charge in [-0.3, -0.25) is 4.79 Å². The third-order valence-electron chi connectivity index (χ3n) is 3.32. The van der Waals surface area contributed by atoms with Crippen LogP contribution in [0.1, 0.15) is 27.7 Å². The van der Waals surface area contributed by atoms with Crippen molar-refractivity contribution in [1.82, 2.24) is 15.3 Å². The number of nitrogens with one attached hydrogen (secondary N) is 1. The van der Waals surface area contributed by atoms with E-state index in [-0.39, 0.29) is 11.1 Å². The lowest BCUT2D eigenvalue weighted by atomic mass is 10.1. The summed E-state index contributed by atoms with van der Waals surface area (Å²) in [6.07, 6.45) is 1.33. The van der Waals surface area contributed by atoms with E-state index in [1.54, 1.807) is 25.9 Å². The van der Waals surface area contributed by atoms with E-state index in [1.807, 2.05) is 0 Å². The van der Waals surface area contributed by atoms with Gasteiger partial charge in [0, 0.05) is 20.3 Å². The largest absolute Gasteiger partial charge is 0.479 e. The van der Waals surface area contributed by atoms with Crippen molar-refractivity contribution in [2.45, 2.75) is 13.0 Å². The van der Waals surface area contributed by atoms with Gasteiger partial charge in [0.2, 0.25) is 5.95 Å². The third kappa shape index (κ3) is 3.83. The molecular weight excluding hydrogens is 315 g/mol. The maximum Gasteiger partial charge on any atom is 0.330 e. The molecule has 0 radical (unpaired) electrons. The molecule has 0 fully saturated rings. The standard InChI is InChI=1S/C16H17FN4O3/c1-9-12(8-18-16(19-9)21(2)3)14(22)20-13(15(23)24)10-5-4-6-11(17)7-10/h4-8,13H,1-3H3,(H,20,22)(H,23,24). The Balaban J connectivity index is 2.27. The first-order chi connectivity index (χ1) is 11.3. The van der Waals surface area contributed by atoms with E-state index in [9.17, 15) is 19.1 Å². The number of rotatable bonds is 5. The highest BCUT2D eigenvalue weighted by atomic mass is 19.1. The molecule has 1 atom stereocenters. The van der Waals surface area contributed by atoms with Crippen LogP contribution in [0.4, 0.5) is 10.3 Å². The minimum atomic E-state index is -1.37. The van der Waals surface area contributed by atoms with Gasteiger partial charge in [-0.05, 0) is 24.6 Å². The van der Waals surface area contributed by atoms with Gasteiger partial charge in [0.05, 0.1) is 11.3 Å². The van der Waals surface area contributed by atoms with E-state index in [1.165, 1.54) is 24.4 Å². The summed E-state index contributed by atoms with van der Waals surface area (Å²) in [6, 6.07) is 3.70. The molecule has 0 aliphatic carbocycles. The molecule has 2 N–H and O–H groups in total. The van der Waals surface area contributed by atoms with E-state index in [2.05, 4.69) is 15.3 Å². The Bertz CT molecular complexity index is 780. The first-order valence-corrected chi connectivity index (χ1v) is 7.09. The molecule has 24 heavy (non-hydrogen) atoms. The van der Waals surface area contributed by atoms with Crippen molar-refractivity contribution in [3.8, 4) is 0 Å². The minimum Gasteiger partial charge on any atom is -0.479 e. The topological polar surface area (TPSA) is 95.4 Å². The number of halogens is 1. The number of hydrogen-bond donors (Lipinski definition) is 2. The Morgan fingerprint density at radius 2 is 2.04 bits per heavy atom. The van der Waals surface area contributed by atoms with Gasteiger partial charge in [0.25, 0.3) is 5.91 Å². The maximum atomic E-state index is 13.3. The highest BCUT2D eigenvalue weighted by Crippen LogP contribution is 2.16. The van der Waals surface area contributed by atoms with Gasteiger partial charge in [-0.25, -0.2) is 19.2 Å². The molecule has 0 aliphatic heterocycles. The van der Waals surface area contributed by atoms with E-state index in [4.69, 9.17) is 0 Å². The van der Waals surface area contributed by atoms with Crippen molar-refractivity contribution >= 4 is 17.8 Å². The molecule has 0 saturated carbocycles. The number of carbonyl (C=O) groups excluding carboxylic acids is 1. The van der Waals surface area contributed by atoms with Gasteiger partial charge in [-0.2, -0.15) is 0 Å². The number of nitrogens with zero attached hydrogens (tertiary/aromatic N) is 3. The smallest absolute Gasteiger partial charge is 0.330 e. The summed E-state index contributed by atoms with van der Waals surface area (Å²) in [7, 11) is 3.53. The molecule has 1 heterocycles. The molecule has 8 heteroatoms. The third-order valence-corrected chi connectivity index (χ3v) is 3.32. The Morgan fingerprint density at radius 3 is 2.58 bits per heavy atom. The van der Waals surface area contributed by atoms with Crippen LogP contribution < -0.4 is 10.2 Å². The fourth-order valence-electron chi connectivity index (χ4n) is 2.08. The molecule has 0 spiro atoms. The van der Waals surface area contributed by atoms with Crippen LogP contribution in [0, 0.1) is 12.7 Å². The van der Waals surface area contributed by atoms with Gasteiger partial charge in [-0.1, -0.05) is 12.1 Å². The number of anilines is 1. The number of carboxylic acids is 1. The van der Waals surface area contributed by atoms with Gasteiger partial charge in [0.15, 0.2) is 6.04 Å². The molecule has 1 aromatic heterocycles. The number of benzene rings is 1. The fourth-order valence-corrected chi connectivity index (χ4v) is 2.08. The fraction of sp³-hybridized carbons (Fsp3) is 0.250. The summed E-state index contributed by atoms with van der Waals surface area (Å²) in [4.78, 5) is 33.7. The van der Waals surface area contributed by atoms with E-state index < -0.39 is 23.7 Å². The van der Waals surface area contributed by atoms with Gasteiger partial charge in [0.1, 0.15) is 5.82 Å². The molecule has 0 saturated heterocycles. The second-order valence-corrected chi connectivity index (χ2v) is 5.36. The summed E-state index contributed by atoms with van der Waals surface area (Å²) in [5, 5.41) is 11.7. The molecule has 1 aromatic carbocycles. The Kier molecular flexibility index (Phi) is 5.08. The molecule has 1 unspecified atom stereocenters. The first kappa shape index (κ1) is 17.3. The number of carbonyl (C=O) groups is 2. The maximum absolute atomic E-state index is 13.3. The predicted octanol–water partition coefficient (Wildman–Crippen LogP) is 1.55. The number of aliphatic carboxylic acids is 1. The lowest BCUT2D eigenvalue weighted by Crippen LogP contribution is -2.34.